The average molecular weight is 469 g/mol. The molecule has 2 aromatic carbocycles. The standard InChI is InChI=1S/C27H32N8/c1-17-9-21-11-19(23-14-28-34(4)16-23)5-6-25(21)35(15-17)18(2)10-20-12-22(27-29-31-32-30-27)13-26-24(20)7-8-33(26)3/h5-6,11-14,16-18H,7-10,15H2,1-4H3,(H,29,30,31,32)/t17-,18?/m1/s1. The molecule has 6 rings (SSSR count). The molecule has 8 nitrogen and oxygen atoms in total. The van der Waals surface area contributed by atoms with E-state index in [4.69, 9.17) is 0 Å². The normalized spacial score (nSPS) is 18.0. The van der Waals surface area contributed by atoms with Crippen LogP contribution in [0.1, 0.15) is 30.5 Å². The summed E-state index contributed by atoms with van der Waals surface area (Å²) in [6, 6.07) is 11.8. The smallest absolute Gasteiger partial charge is 0.204 e. The van der Waals surface area contributed by atoms with Crippen LogP contribution in [0.25, 0.3) is 22.5 Å². The highest BCUT2D eigenvalue weighted by atomic mass is 15.5. The van der Waals surface area contributed by atoms with Gasteiger partial charge in [0.15, 0.2) is 0 Å². The Labute approximate surface area is 206 Å². The van der Waals surface area contributed by atoms with Crippen molar-refractivity contribution < 1.29 is 0 Å². The molecule has 2 aliphatic rings. The molecule has 4 aromatic rings. The highest BCUT2D eigenvalue weighted by Crippen LogP contribution is 2.38. The van der Waals surface area contributed by atoms with Gasteiger partial charge >= 0.3 is 0 Å². The minimum Gasteiger partial charge on any atom is -0.374 e. The van der Waals surface area contributed by atoms with E-state index in [2.05, 4.69) is 92.9 Å². The van der Waals surface area contributed by atoms with E-state index in [-0.39, 0.29) is 0 Å². The number of H-pyrrole nitrogens is 1. The zero-order chi connectivity index (χ0) is 24.1. The van der Waals surface area contributed by atoms with E-state index in [0.717, 1.165) is 37.9 Å². The van der Waals surface area contributed by atoms with E-state index in [9.17, 15) is 0 Å². The highest BCUT2D eigenvalue weighted by molar-refractivity contribution is 5.72. The van der Waals surface area contributed by atoms with Crippen molar-refractivity contribution in [1.82, 2.24) is 30.4 Å². The molecular weight excluding hydrogens is 436 g/mol. The van der Waals surface area contributed by atoms with Crippen LogP contribution in [0.15, 0.2) is 42.7 Å². The monoisotopic (exact) mass is 468 g/mol. The van der Waals surface area contributed by atoms with Gasteiger partial charge in [0.2, 0.25) is 5.82 Å². The van der Waals surface area contributed by atoms with Gasteiger partial charge < -0.3 is 9.80 Å². The van der Waals surface area contributed by atoms with Gasteiger partial charge in [-0.3, -0.25) is 4.68 Å². The first kappa shape index (κ1) is 21.8. The van der Waals surface area contributed by atoms with Gasteiger partial charge in [-0.1, -0.05) is 13.0 Å². The maximum absolute atomic E-state index is 4.36. The Hall–Kier alpha value is -3.68. The summed E-state index contributed by atoms with van der Waals surface area (Å²) >= 11 is 0. The summed E-state index contributed by atoms with van der Waals surface area (Å²) < 4.78 is 1.87. The third-order valence-corrected chi connectivity index (χ3v) is 7.58. The largest absolute Gasteiger partial charge is 0.374 e. The molecule has 0 bridgehead atoms. The van der Waals surface area contributed by atoms with E-state index in [0.29, 0.717) is 17.8 Å². The molecule has 0 fully saturated rings. The molecule has 0 radical (unpaired) electrons. The van der Waals surface area contributed by atoms with E-state index < -0.39 is 0 Å². The van der Waals surface area contributed by atoms with Gasteiger partial charge in [0.05, 0.1) is 6.20 Å². The topological polar surface area (TPSA) is 78.8 Å². The van der Waals surface area contributed by atoms with Crippen LogP contribution < -0.4 is 9.80 Å². The molecule has 4 heterocycles. The highest BCUT2D eigenvalue weighted by Gasteiger charge is 2.28. The number of hydrogen-bond donors (Lipinski definition) is 1. The SMILES string of the molecule is CC(Cc1cc(-c2nn[nH]n2)cc2c1CCN2C)N1C[C@H](C)Cc2cc(-c3cnn(C)c3)ccc21. The number of rotatable bonds is 5. The van der Waals surface area contributed by atoms with Crippen molar-refractivity contribution in [3.8, 4) is 22.5 Å². The number of hydrogen-bond acceptors (Lipinski definition) is 6. The molecule has 2 atom stereocenters. The molecule has 1 N–H and O–H groups in total. The van der Waals surface area contributed by atoms with Crippen molar-refractivity contribution in [3.63, 3.8) is 0 Å². The van der Waals surface area contributed by atoms with Gasteiger partial charge in [-0.15, -0.1) is 10.2 Å². The van der Waals surface area contributed by atoms with Crippen LogP contribution in [-0.2, 0) is 26.3 Å². The fraction of sp³-hybridized carbons (Fsp3) is 0.407. The molecule has 0 amide bonds. The summed E-state index contributed by atoms with van der Waals surface area (Å²) in [6.07, 6.45) is 7.21. The second kappa shape index (κ2) is 8.52. The number of likely N-dealkylation sites (N-methyl/N-ethyl adjacent to an activating group) is 1. The molecule has 35 heavy (non-hydrogen) atoms. The van der Waals surface area contributed by atoms with Crippen LogP contribution in [0.5, 0.6) is 0 Å². The van der Waals surface area contributed by atoms with Crippen LogP contribution in [0.2, 0.25) is 0 Å². The van der Waals surface area contributed by atoms with E-state index in [1.807, 2.05) is 17.9 Å². The van der Waals surface area contributed by atoms with Crippen molar-refractivity contribution in [2.75, 3.05) is 29.9 Å². The van der Waals surface area contributed by atoms with E-state index in [1.165, 1.54) is 39.2 Å². The lowest BCUT2D eigenvalue weighted by Crippen LogP contribution is -2.41. The number of aromatic nitrogens is 6. The second-order valence-electron chi connectivity index (χ2n) is 10.3. The van der Waals surface area contributed by atoms with Gasteiger partial charge in [0.1, 0.15) is 0 Å². The van der Waals surface area contributed by atoms with Crippen molar-refractivity contribution >= 4 is 11.4 Å². The molecule has 2 aliphatic heterocycles. The Morgan fingerprint density at radius 3 is 2.74 bits per heavy atom. The molecule has 2 aromatic heterocycles. The van der Waals surface area contributed by atoms with Gasteiger partial charge in [0, 0.05) is 61.9 Å². The van der Waals surface area contributed by atoms with Crippen molar-refractivity contribution in [2.24, 2.45) is 13.0 Å². The summed E-state index contributed by atoms with van der Waals surface area (Å²) in [5.74, 6) is 1.26. The molecule has 180 valence electrons. The lowest BCUT2D eigenvalue weighted by atomic mass is 9.89. The fourth-order valence-corrected chi connectivity index (χ4v) is 5.84. The van der Waals surface area contributed by atoms with Crippen molar-refractivity contribution in [3.05, 3.63) is 59.4 Å². The summed E-state index contributed by atoms with van der Waals surface area (Å²) in [6.45, 7) is 6.85. The van der Waals surface area contributed by atoms with Crippen LogP contribution in [0, 0.1) is 5.92 Å². The maximum Gasteiger partial charge on any atom is 0.204 e. The van der Waals surface area contributed by atoms with Gasteiger partial charge in [-0.05, 0) is 83.8 Å². The zero-order valence-corrected chi connectivity index (χ0v) is 20.9. The lowest BCUT2D eigenvalue weighted by molar-refractivity contribution is 0.491. The second-order valence-corrected chi connectivity index (χ2v) is 10.3. The predicted molar refractivity (Wildman–Crippen MR) is 139 cm³/mol. The Balaban J connectivity index is 1.33. The number of aromatic amines is 1. The third kappa shape index (κ3) is 3.96. The zero-order valence-electron chi connectivity index (χ0n) is 20.9. The van der Waals surface area contributed by atoms with E-state index >= 15 is 0 Å². The number of anilines is 2. The Morgan fingerprint density at radius 1 is 1.09 bits per heavy atom. The predicted octanol–water partition coefficient (Wildman–Crippen LogP) is 3.89. The summed E-state index contributed by atoms with van der Waals surface area (Å²) in [7, 11) is 4.14. The van der Waals surface area contributed by atoms with E-state index in [1.54, 1.807) is 0 Å². The van der Waals surface area contributed by atoms with Crippen molar-refractivity contribution in [1.29, 1.82) is 0 Å². The number of nitrogens with zero attached hydrogens (tertiary/aromatic N) is 7. The molecule has 8 heteroatoms. The third-order valence-electron chi connectivity index (χ3n) is 7.58. The first-order chi connectivity index (χ1) is 17.0. The van der Waals surface area contributed by atoms with Crippen LogP contribution in [0.4, 0.5) is 11.4 Å². The first-order valence-electron chi connectivity index (χ1n) is 12.5. The van der Waals surface area contributed by atoms with Gasteiger partial charge in [-0.25, -0.2) is 0 Å². The number of aryl methyl sites for hydroxylation is 1. The number of benzene rings is 2. The fourth-order valence-electron chi connectivity index (χ4n) is 5.84. The van der Waals surface area contributed by atoms with Crippen LogP contribution in [0.3, 0.4) is 0 Å². The Kier molecular flexibility index (Phi) is 5.31. The lowest BCUT2D eigenvalue weighted by Gasteiger charge is -2.39. The quantitative estimate of drug-likeness (QED) is 0.479. The molecule has 1 unspecified atom stereocenters. The molecule has 0 saturated heterocycles. The maximum atomic E-state index is 4.36. The van der Waals surface area contributed by atoms with Crippen LogP contribution >= 0.6 is 0 Å². The minimum absolute atomic E-state index is 0.372. The Morgan fingerprint density at radius 2 is 1.97 bits per heavy atom. The first-order valence-corrected chi connectivity index (χ1v) is 12.5. The minimum atomic E-state index is 0.372. The molecule has 0 spiro atoms. The molecule has 0 aliphatic carbocycles. The summed E-state index contributed by atoms with van der Waals surface area (Å²) in [4.78, 5) is 4.95. The van der Waals surface area contributed by atoms with Gasteiger partial charge in [-0.2, -0.15) is 10.3 Å². The number of nitrogens with one attached hydrogen (secondary N) is 1. The van der Waals surface area contributed by atoms with Gasteiger partial charge in [0.25, 0.3) is 0 Å². The number of fused-ring (bicyclic) bond motifs is 2. The summed E-state index contributed by atoms with van der Waals surface area (Å²) in [5.41, 5.74) is 10.4. The number of tetrazole rings is 1. The summed E-state index contributed by atoms with van der Waals surface area (Å²) in [5, 5.41) is 19.2. The van der Waals surface area contributed by atoms with Crippen LogP contribution in [-0.4, -0.2) is 56.6 Å². The van der Waals surface area contributed by atoms with Crippen molar-refractivity contribution in [2.45, 2.75) is 39.2 Å². The molecular formula is C27H32N8. The average Bonchev–Trinajstić information content (AvgIpc) is 3.60. The molecule has 0 saturated carbocycles. The Bertz CT molecular complexity index is 1360.